The lowest BCUT2D eigenvalue weighted by molar-refractivity contribution is 0.137. The lowest BCUT2D eigenvalue weighted by Gasteiger charge is -2.36. The first-order valence-electron chi connectivity index (χ1n) is 5.37. The maximum Gasteiger partial charge on any atom is 0.0684 e. The number of hydrogen-bond acceptors (Lipinski definition) is 2. The molecule has 0 spiro atoms. The molecule has 14 heavy (non-hydrogen) atoms. The van der Waals surface area contributed by atoms with Crippen molar-refractivity contribution < 1.29 is 0 Å². The molecule has 0 bridgehead atoms. The van der Waals surface area contributed by atoms with Crippen LogP contribution >= 0.6 is 0 Å². The highest BCUT2D eigenvalue weighted by molar-refractivity contribution is 4.92. The molecular weight excluding hydrogens is 172 g/mol. The number of nitrogens with zero attached hydrogens (tertiary/aromatic N) is 2. The van der Waals surface area contributed by atoms with Crippen molar-refractivity contribution in [2.75, 3.05) is 13.6 Å². The highest BCUT2D eigenvalue weighted by Crippen LogP contribution is 2.22. The molecule has 0 rings (SSSR count). The van der Waals surface area contributed by atoms with Gasteiger partial charge in [-0.3, -0.25) is 0 Å². The first-order chi connectivity index (χ1) is 6.25. The van der Waals surface area contributed by atoms with E-state index in [4.69, 9.17) is 5.26 Å². The van der Waals surface area contributed by atoms with Crippen LogP contribution in [0.4, 0.5) is 0 Å². The maximum absolute atomic E-state index is 8.90. The summed E-state index contributed by atoms with van der Waals surface area (Å²) in [6.07, 6.45) is 2.07. The zero-order valence-corrected chi connectivity index (χ0v) is 10.5. The summed E-state index contributed by atoms with van der Waals surface area (Å²) in [5.41, 5.74) is 0.0453. The van der Waals surface area contributed by atoms with Gasteiger partial charge in [-0.2, -0.15) is 5.26 Å². The third-order valence-corrected chi connectivity index (χ3v) is 3.27. The van der Waals surface area contributed by atoms with Gasteiger partial charge in [-0.15, -0.1) is 0 Å². The lowest BCUT2D eigenvalue weighted by Crippen LogP contribution is -2.41. The Morgan fingerprint density at radius 3 is 2.07 bits per heavy atom. The fourth-order valence-electron chi connectivity index (χ4n) is 1.08. The van der Waals surface area contributed by atoms with Crippen LogP contribution in [0.15, 0.2) is 0 Å². The fourth-order valence-corrected chi connectivity index (χ4v) is 1.08. The van der Waals surface area contributed by atoms with E-state index < -0.39 is 0 Å². The summed E-state index contributed by atoms with van der Waals surface area (Å²) in [7, 11) is 2.14. The summed E-state index contributed by atoms with van der Waals surface area (Å²) in [5.74, 6) is 0. The minimum absolute atomic E-state index is 0.196. The molecule has 2 heteroatoms. The summed E-state index contributed by atoms with van der Waals surface area (Å²) < 4.78 is 0. The average Bonchev–Trinajstić information content (AvgIpc) is 2.14. The molecule has 0 unspecified atom stereocenters. The van der Waals surface area contributed by atoms with Crippen LogP contribution < -0.4 is 0 Å². The molecule has 0 N–H and O–H groups in total. The molecular formula is C12H24N2. The maximum atomic E-state index is 8.90. The van der Waals surface area contributed by atoms with Crippen LogP contribution in [0.1, 0.15) is 47.5 Å². The van der Waals surface area contributed by atoms with Crippen molar-refractivity contribution in [3.63, 3.8) is 0 Å². The molecule has 2 nitrogen and oxygen atoms in total. The van der Waals surface area contributed by atoms with Crippen LogP contribution in [-0.4, -0.2) is 24.0 Å². The zero-order chi connectivity index (χ0) is 11.4. The van der Waals surface area contributed by atoms with Crippen LogP contribution in [0, 0.1) is 16.7 Å². The van der Waals surface area contributed by atoms with Gasteiger partial charge in [0.1, 0.15) is 0 Å². The molecule has 0 aromatic carbocycles. The van der Waals surface area contributed by atoms with Crippen molar-refractivity contribution in [1.82, 2.24) is 4.90 Å². The zero-order valence-electron chi connectivity index (χ0n) is 10.5. The lowest BCUT2D eigenvalue weighted by atomic mass is 9.90. The quantitative estimate of drug-likeness (QED) is 0.675. The first kappa shape index (κ1) is 13.4. The Balaban J connectivity index is 4.11. The van der Waals surface area contributed by atoms with Crippen LogP contribution in [-0.2, 0) is 0 Å². The average molecular weight is 196 g/mol. The monoisotopic (exact) mass is 196 g/mol. The fraction of sp³-hybridized carbons (Fsp3) is 0.917. The highest BCUT2D eigenvalue weighted by atomic mass is 15.2. The normalized spacial score (nSPS) is 13.0. The van der Waals surface area contributed by atoms with E-state index in [0.717, 1.165) is 19.4 Å². The molecule has 0 aliphatic heterocycles. The Kier molecular flexibility index (Phi) is 4.61. The topological polar surface area (TPSA) is 27.0 Å². The predicted molar refractivity (Wildman–Crippen MR) is 61.0 cm³/mol. The van der Waals surface area contributed by atoms with Crippen LogP contribution in [0.5, 0.6) is 0 Å². The van der Waals surface area contributed by atoms with Crippen molar-refractivity contribution in [2.24, 2.45) is 5.41 Å². The molecule has 0 aliphatic carbocycles. The minimum Gasteiger partial charge on any atom is -0.301 e. The van der Waals surface area contributed by atoms with Gasteiger partial charge in [0.15, 0.2) is 0 Å². The van der Waals surface area contributed by atoms with Gasteiger partial charge in [0.05, 0.1) is 11.5 Å². The highest BCUT2D eigenvalue weighted by Gasteiger charge is 2.24. The standard InChI is InChI=1S/C12H24N2/c1-7-12(4,5)14(6)9-8-11(2,3)10-13/h7-9H2,1-6H3. The SMILES string of the molecule is CCC(C)(C)N(C)CCC(C)(C)C#N. The Morgan fingerprint density at radius 1 is 1.21 bits per heavy atom. The van der Waals surface area contributed by atoms with Crippen LogP contribution in [0.25, 0.3) is 0 Å². The molecule has 0 amide bonds. The first-order valence-corrected chi connectivity index (χ1v) is 5.37. The van der Waals surface area contributed by atoms with E-state index in [-0.39, 0.29) is 11.0 Å². The third-order valence-electron chi connectivity index (χ3n) is 3.27. The summed E-state index contributed by atoms with van der Waals surface area (Å²) in [5, 5.41) is 8.90. The molecule has 0 atom stereocenters. The van der Waals surface area contributed by atoms with Gasteiger partial charge in [0.25, 0.3) is 0 Å². The van der Waals surface area contributed by atoms with E-state index in [0.29, 0.717) is 0 Å². The Bertz CT molecular complexity index is 211. The van der Waals surface area contributed by atoms with Gasteiger partial charge < -0.3 is 4.90 Å². The van der Waals surface area contributed by atoms with E-state index >= 15 is 0 Å². The Hall–Kier alpha value is -0.550. The van der Waals surface area contributed by atoms with Gasteiger partial charge in [-0.05, 0) is 54.1 Å². The molecule has 82 valence electrons. The predicted octanol–water partition coefficient (Wildman–Crippen LogP) is 3.05. The molecule has 0 aromatic rings. The second kappa shape index (κ2) is 4.79. The van der Waals surface area contributed by atoms with Crippen LogP contribution in [0.2, 0.25) is 0 Å². The minimum atomic E-state index is -0.196. The second-order valence-electron chi connectivity index (χ2n) is 5.33. The summed E-state index contributed by atoms with van der Waals surface area (Å²) in [6.45, 7) is 11.7. The summed E-state index contributed by atoms with van der Waals surface area (Å²) in [6, 6.07) is 2.34. The van der Waals surface area contributed by atoms with Gasteiger partial charge in [-0.25, -0.2) is 0 Å². The van der Waals surface area contributed by atoms with Gasteiger partial charge >= 0.3 is 0 Å². The molecule has 0 saturated carbocycles. The molecule has 0 radical (unpaired) electrons. The van der Waals surface area contributed by atoms with E-state index in [9.17, 15) is 0 Å². The van der Waals surface area contributed by atoms with E-state index in [2.05, 4.69) is 38.8 Å². The smallest absolute Gasteiger partial charge is 0.0684 e. The Labute approximate surface area is 88.9 Å². The van der Waals surface area contributed by atoms with Crippen molar-refractivity contribution in [2.45, 2.75) is 53.0 Å². The second-order valence-corrected chi connectivity index (χ2v) is 5.33. The molecule has 0 saturated heterocycles. The van der Waals surface area contributed by atoms with Gasteiger partial charge in [0, 0.05) is 5.54 Å². The largest absolute Gasteiger partial charge is 0.301 e. The van der Waals surface area contributed by atoms with Crippen molar-refractivity contribution in [3.05, 3.63) is 0 Å². The molecule has 0 fully saturated rings. The van der Waals surface area contributed by atoms with E-state index in [1.54, 1.807) is 0 Å². The van der Waals surface area contributed by atoms with Gasteiger partial charge in [-0.1, -0.05) is 6.92 Å². The Morgan fingerprint density at radius 2 is 1.71 bits per heavy atom. The summed E-state index contributed by atoms with van der Waals surface area (Å²) >= 11 is 0. The molecule has 0 heterocycles. The van der Waals surface area contributed by atoms with Crippen molar-refractivity contribution >= 4 is 0 Å². The van der Waals surface area contributed by atoms with Crippen molar-refractivity contribution in [3.8, 4) is 6.07 Å². The molecule has 0 aliphatic rings. The summed E-state index contributed by atoms with van der Waals surface area (Å²) in [4.78, 5) is 2.34. The number of hydrogen-bond donors (Lipinski definition) is 0. The number of nitriles is 1. The van der Waals surface area contributed by atoms with Crippen molar-refractivity contribution in [1.29, 1.82) is 5.26 Å². The molecule has 0 aromatic heterocycles. The van der Waals surface area contributed by atoms with E-state index in [1.165, 1.54) is 0 Å². The van der Waals surface area contributed by atoms with Gasteiger partial charge in [0.2, 0.25) is 0 Å². The number of rotatable bonds is 5. The third kappa shape index (κ3) is 4.11. The van der Waals surface area contributed by atoms with Crippen LogP contribution in [0.3, 0.4) is 0 Å². The van der Waals surface area contributed by atoms with E-state index in [1.807, 2.05) is 13.8 Å².